The summed E-state index contributed by atoms with van der Waals surface area (Å²) in [6.45, 7) is 0. The van der Waals surface area contributed by atoms with E-state index in [0.29, 0.717) is 0 Å². The summed E-state index contributed by atoms with van der Waals surface area (Å²) in [5, 5.41) is 48.2. The summed E-state index contributed by atoms with van der Waals surface area (Å²) in [4.78, 5) is 12.1. The van der Waals surface area contributed by atoms with Gasteiger partial charge in [0, 0.05) is 24.3 Å². The molecular formula is C15H12O7. The van der Waals surface area contributed by atoms with Crippen LogP contribution in [0, 0.1) is 0 Å². The predicted molar refractivity (Wildman–Crippen MR) is 75.6 cm³/mol. The molecule has 0 spiro atoms. The van der Waals surface area contributed by atoms with E-state index >= 15 is 0 Å². The van der Waals surface area contributed by atoms with Gasteiger partial charge in [0.15, 0.2) is 11.2 Å². The molecule has 0 saturated carbocycles. The molecule has 1 heterocycles. The zero-order valence-electron chi connectivity index (χ0n) is 11.1. The summed E-state index contributed by atoms with van der Waals surface area (Å²) in [5.41, 5.74) is -0.695. The van der Waals surface area contributed by atoms with E-state index in [1.54, 1.807) is 0 Å². The van der Waals surface area contributed by atoms with Gasteiger partial charge < -0.3 is 29.9 Å². The van der Waals surface area contributed by atoms with Gasteiger partial charge in [0.1, 0.15) is 34.0 Å². The average molecular weight is 304 g/mol. The zero-order chi connectivity index (χ0) is 16.1. The van der Waals surface area contributed by atoms with Gasteiger partial charge in [-0.3, -0.25) is 4.79 Å². The van der Waals surface area contributed by atoms with Crippen LogP contribution in [0.4, 0.5) is 0 Å². The fourth-order valence-electron chi connectivity index (χ4n) is 2.42. The van der Waals surface area contributed by atoms with E-state index in [0.717, 1.165) is 24.3 Å². The molecule has 1 unspecified atom stereocenters. The summed E-state index contributed by atoms with van der Waals surface area (Å²) in [7, 11) is 0. The minimum atomic E-state index is -2.44. The molecule has 22 heavy (non-hydrogen) atoms. The standard InChI is InChI=1S/C15H12O7/c16-7-1-2-9(15(20,21)6-7)12-5-11(19)14-10(18)3-8(17)4-13(14)22-12/h1-6,9,16-18,20-21H. The third-order valence-corrected chi connectivity index (χ3v) is 3.40. The molecule has 1 aromatic heterocycles. The van der Waals surface area contributed by atoms with Crippen LogP contribution in [0.15, 0.2) is 51.4 Å². The number of allylic oxidation sites excluding steroid dienone is 1. The van der Waals surface area contributed by atoms with Gasteiger partial charge in [-0.1, -0.05) is 6.08 Å². The second-order valence-corrected chi connectivity index (χ2v) is 5.04. The number of phenolic OH excluding ortho intramolecular Hbond substituents is 2. The number of aliphatic hydroxyl groups is 3. The Labute approximate surface area is 123 Å². The van der Waals surface area contributed by atoms with Crippen LogP contribution in [-0.4, -0.2) is 31.3 Å². The minimum Gasteiger partial charge on any atom is -0.508 e. The van der Waals surface area contributed by atoms with Crippen molar-refractivity contribution in [1.82, 2.24) is 0 Å². The molecule has 5 N–H and O–H groups in total. The van der Waals surface area contributed by atoms with Crippen LogP contribution in [0.1, 0.15) is 11.7 Å². The Kier molecular flexibility index (Phi) is 2.98. The van der Waals surface area contributed by atoms with E-state index in [-0.39, 0.29) is 28.2 Å². The van der Waals surface area contributed by atoms with Gasteiger partial charge in [0.25, 0.3) is 0 Å². The second kappa shape index (κ2) is 4.62. The highest BCUT2D eigenvalue weighted by Gasteiger charge is 2.37. The summed E-state index contributed by atoms with van der Waals surface area (Å²) in [5.74, 6) is -4.74. The lowest BCUT2D eigenvalue weighted by molar-refractivity contribution is -0.133. The van der Waals surface area contributed by atoms with Gasteiger partial charge in [-0.2, -0.15) is 0 Å². The van der Waals surface area contributed by atoms with Crippen molar-refractivity contribution in [2.24, 2.45) is 0 Å². The van der Waals surface area contributed by atoms with Crippen molar-refractivity contribution in [1.29, 1.82) is 0 Å². The lowest BCUT2D eigenvalue weighted by Gasteiger charge is -2.28. The highest BCUT2D eigenvalue weighted by Crippen LogP contribution is 2.35. The Hall–Kier alpha value is -2.77. The Bertz CT molecular complexity index is 873. The SMILES string of the molecule is O=c1cc(C2C=CC(O)=CC2(O)O)oc2cc(O)cc(O)c12. The number of rotatable bonds is 1. The predicted octanol–water partition coefficient (Wildman–Crippen LogP) is 0.980. The molecule has 0 aliphatic heterocycles. The monoisotopic (exact) mass is 304 g/mol. The molecule has 1 aliphatic rings. The third-order valence-electron chi connectivity index (χ3n) is 3.40. The van der Waals surface area contributed by atoms with Crippen LogP contribution in [0.5, 0.6) is 11.5 Å². The molecule has 1 aromatic carbocycles. The Morgan fingerprint density at radius 2 is 1.82 bits per heavy atom. The van der Waals surface area contributed by atoms with Crippen LogP contribution >= 0.6 is 0 Å². The lowest BCUT2D eigenvalue weighted by atomic mass is 9.90. The van der Waals surface area contributed by atoms with Crippen molar-refractivity contribution < 1.29 is 29.9 Å². The van der Waals surface area contributed by atoms with Crippen LogP contribution in [0.3, 0.4) is 0 Å². The Morgan fingerprint density at radius 3 is 2.50 bits per heavy atom. The fourth-order valence-corrected chi connectivity index (χ4v) is 2.42. The maximum atomic E-state index is 12.1. The van der Waals surface area contributed by atoms with Gasteiger partial charge in [-0.25, -0.2) is 0 Å². The molecule has 1 aliphatic carbocycles. The van der Waals surface area contributed by atoms with E-state index in [4.69, 9.17) is 4.42 Å². The van der Waals surface area contributed by atoms with Crippen molar-refractivity contribution in [3.8, 4) is 11.5 Å². The highest BCUT2D eigenvalue weighted by atomic mass is 16.5. The molecule has 7 heteroatoms. The van der Waals surface area contributed by atoms with Gasteiger partial charge in [0.05, 0.1) is 5.92 Å². The van der Waals surface area contributed by atoms with Crippen LogP contribution in [0.2, 0.25) is 0 Å². The van der Waals surface area contributed by atoms with Gasteiger partial charge in [0.2, 0.25) is 0 Å². The van der Waals surface area contributed by atoms with Gasteiger partial charge >= 0.3 is 0 Å². The number of benzene rings is 1. The number of phenols is 2. The van der Waals surface area contributed by atoms with E-state index in [2.05, 4.69) is 0 Å². The number of hydrogen-bond acceptors (Lipinski definition) is 7. The topological polar surface area (TPSA) is 131 Å². The van der Waals surface area contributed by atoms with Crippen molar-refractivity contribution in [2.45, 2.75) is 11.7 Å². The first-order chi connectivity index (χ1) is 10.3. The smallest absolute Gasteiger partial charge is 0.200 e. The first kappa shape index (κ1) is 14.2. The highest BCUT2D eigenvalue weighted by molar-refractivity contribution is 5.84. The quantitative estimate of drug-likeness (QED) is 0.496. The molecule has 2 aromatic rings. The van der Waals surface area contributed by atoms with Crippen molar-refractivity contribution in [3.05, 3.63) is 58.2 Å². The average Bonchev–Trinajstić information content (AvgIpc) is 2.35. The van der Waals surface area contributed by atoms with E-state index < -0.39 is 22.9 Å². The zero-order valence-corrected chi connectivity index (χ0v) is 11.1. The van der Waals surface area contributed by atoms with E-state index in [9.17, 15) is 30.3 Å². The number of hydrogen-bond donors (Lipinski definition) is 5. The van der Waals surface area contributed by atoms with Crippen molar-refractivity contribution in [2.75, 3.05) is 0 Å². The molecule has 3 rings (SSSR count). The molecule has 0 bridgehead atoms. The largest absolute Gasteiger partial charge is 0.508 e. The maximum absolute atomic E-state index is 12.1. The summed E-state index contributed by atoms with van der Waals surface area (Å²) < 4.78 is 5.41. The second-order valence-electron chi connectivity index (χ2n) is 5.04. The van der Waals surface area contributed by atoms with Crippen molar-refractivity contribution >= 4 is 11.0 Å². The van der Waals surface area contributed by atoms with Crippen LogP contribution < -0.4 is 5.43 Å². The van der Waals surface area contributed by atoms with Crippen LogP contribution in [-0.2, 0) is 0 Å². The molecule has 1 atom stereocenters. The van der Waals surface area contributed by atoms with Crippen molar-refractivity contribution in [3.63, 3.8) is 0 Å². The normalized spacial score (nSPS) is 20.1. The molecule has 7 nitrogen and oxygen atoms in total. The molecule has 0 fully saturated rings. The summed E-state index contributed by atoms with van der Waals surface area (Å²) in [6.07, 6.45) is 3.31. The van der Waals surface area contributed by atoms with Gasteiger partial charge in [-0.05, 0) is 6.08 Å². The fraction of sp³-hybridized carbons (Fsp3) is 0.133. The number of fused-ring (bicyclic) bond motifs is 1. The minimum absolute atomic E-state index is 0.0903. The molecule has 0 saturated heterocycles. The van der Waals surface area contributed by atoms with Crippen LogP contribution in [0.25, 0.3) is 11.0 Å². The van der Waals surface area contributed by atoms with Gasteiger partial charge in [-0.15, -0.1) is 0 Å². The van der Waals surface area contributed by atoms with E-state index in [1.165, 1.54) is 12.2 Å². The Balaban J connectivity index is 2.22. The molecule has 114 valence electrons. The summed E-state index contributed by atoms with van der Waals surface area (Å²) >= 11 is 0. The maximum Gasteiger partial charge on any atom is 0.200 e. The van der Waals surface area contributed by atoms with E-state index in [1.807, 2.05) is 0 Å². The number of aromatic hydroxyl groups is 2. The molecule has 0 radical (unpaired) electrons. The molecule has 0 amide bonds. The third kappa shape index (κ3) is 2.22. The number of aliphatic hydroxyl groups excluding tert-OH is 1. The first-order valence-corrected chi connectivity index (χ1v) is 6.32. The lowest BCUT2D eigenvalue weighted by Crippen LogP contribution is -2.35. The molecular weight excluding hydrogens is 292 g/mol. The Morgan fingerprint density at radius 1 is 1.09 bits per heavy atom. The first-order valence-electron chi connectivity index (χ1n) is 6.32. The summed E-state index contributed by atoms with van der Waals surface area (Å²) in [6, 6.07) is 3.16.